The molecule has 0 fully saturated rings. The zero-order valence-corrected chi connectivity index (χ0v) is 17.4. The average Bonchev–Trinajstić information content (AvgIpc) is 3.12. The van der Waals surface area contributed by atoms with Crippen LogP contribution < -0.4 is 9.16 Å². The molecule has 9 nitrogen and oxygen atoms in total. The molecule has 0 bridgehead atoms. The summed E-state index contributed by atoms with van der Waals surface area (Å²) < 4.78 is 13.2. The Bertz CT molecular complexity index is 1390. The second-order valence-electron chi connectivity index (χ2n) is 7.45. The third-order valence-corrected chi connectivity index (χ3v) is 5.98. The summed E-state index contributed by atoms with van der Waals surface area (Å²) in [4.78, 5) is 25.2. The number of hydrogen-bond acceptors (Lipinski definition) is 9. The van der Waals surface area contributed by atoms with Crippen molar-refractivity contribution >= 4 is 29.4 Å². The van der Waals surface area contributed by atoms with Gasteiger partial charge in [0.15, 0.2) is 5.60 Å². The van der Waals surface area contributed by atoms with Gasteiger partial charge in [0.25, 0.3) is 0 Å². The molecule has 0 atom stereocenters. The quantitative estimate of drug-likeness (QED) is 0.336. The van der Waals surface area contributed by atoms with E-state index in [1.807, 2.05) is 0 Å². The highest BCUT2D eigenvalue weighted by Gasteiger charge is 2.54. The van der Waals surface area contributed by atoms with Gasteiger partial charge >= 0.3 is 5.97 Å². The van der Waals surface area contributed by atoms with Crippen LogP contribution in [0.1, 0.15) is 27.0 Å². The van der Waals surface area contributed by atoms with Crippen molar-refractivity contribution in [1.29, 1.82) is 0 Å². The van der Waals surface area contributed by atoms with Gasteiger partial charge in [0.1, 0.15) is 35.7 Å². The number of carbonyl (C=O) groups is 1. The summed E-state index contributed by atoms with van der Waals surface area (Å²) in [5.41, 5.74) is 0.728. The van der Waals surface area contributed by atoms with E-state index in [9.17, 15) is 15.0 Å². The Hall–Kier alpha value is -4.37. The fraction of sp³-hybridized carbons (Fsp3) is 0.0435. The smallest absolute Gasteiger partial charge is 0.342 e. The molecule has 3 aromatic carbocycles. The van der Waals surface area contributed by atoms with Crippen LogP contribution in [0.2, 0.25) is 0 Å². The summed E-state index contributed by atoms with van der Waals surface area (Å²) in [6.45, 7) is 0. The lowest BCUT2D eigenvalue weighted by molar-refractivity contribution is 0.0224. The van der Waals surface area contributed by atoms with Crippen LogP contribution in [0.3, 0.4) is 0 Å². The molecule has 3 heterocycles. The lowest BCUT2D eigenvalue weighted by Gasteiger charge is -2.36. The number of carbonyl (C=O) groups excluding carboxylic acids is 1. The summed E-state index contributed by atoms with van der Waals surface area (Å²) in [5, 5.41) is 20.1. The van der Waals surface area contributed by atoms with Crippen LogP contribution in [0.4, 0.5) is 11.6 Å². The van der Waals surface area contributed by atoms with E-state index < -0.39 is 11.6 Å². The topological polar surface area (TPSA) is 118 Å². The first-order valence-electron chi connectivity index (χ1n) is 9.78. The number of ether oxygens (including phenoxy) is 2. The van der Waals surface area contributed by atoms with E-state index in [2.05, 4.69) is 15.0 Å². The summed E-state index contributed by atoms with van der Waals surface area (Å²) in [5.74, 6) is 0.0653. The van der Waals surface area contributed by atoms with E-state index in [0.29, 0.717) is 33.9 Å². The molecule has 0 saturated heterocycles. The third kappa shape index (κ3) is 2.66. The van der Waals surface area contributed by atoms with Gasteiger partial charge in [0.2, 0.25) is 5.95 Å². The highest BCUT2D eigenvalue weighted by Crippen LogP contribution is 2.58. The summed E-state index contributed by atoms with van der Waals surface area (Å²) in [6, 6.07) is 14.3. The van der Waals surface area contributed by atoms with Crippen molar-refractivity contribution in [2.24, 2.45) is 0 Å². The predicted molar refractivity (Wildman–Crippen MR) is 116 cm³/mol. The van der Waals surface area contributed by atoms with E-state index in [0.717, 1.165) is 4.42 Å². The Morgan fingerprint density at radius 3 is 2.15 bits per heavy atom. The van der Waals surface area contributed by atoms with Crippen LogP contribution in [-0.4, -0.2) is 31.1 Å². The molecule has 1 aromatic heterocycles. The number of esters is 1. The van der Waals surface area contributed by atoms with E-state index >= 15 is 0 Å². The number of phenols is 2. The maximum absolute atomic E-state index is 13.3. The van der Waals surface area contributed by atoms with Gasteiger partial charge in [-0.3, -0.25) is 0 Å². The molecule has 10 heteroatoms. The zero-order chi connectivity index (χ0) is 22.7. The number of hydrogen-bond donors (Lipinski definition) is 2. The maximum atomic E-state index is 13.3. The van der Waals surface area contributed by atoms with E-state index in [1.54, 1.807) is 30.3 Å². The lowest BCUT2D eigenvalue weighted by atomic mass is 9.77. The second kappa shape index (κ2) is 6.81. The minimum absolute atomic E-state index is 0.0208. The van der Waals surface area contributed by atoms with Crippen molar-refractivity contribution in [1.82, 2.24) is 15.0 Å². The van der Waals surface area contributed by atoms with Crippen molar-refractivity contribution in [3.8, 4) is 23.0 Å². The Labute approximate surface area is 191 Å². The highest BCUT2D eigenvalue weighted by atomic mass is 35.5. The molecule has 4 aromatic rings. The number of nitrogens with zero attached hydrogens (tertiary/aromatic N) is 4. The Morgan fingerprint density at radius 1 is 0.879 bits per heavy atom. The van der Waals surface area contributed by atoms with Gasteiger partial charge in [-0.15, -0.1) is 0 Å². The van der Waals surface area contributed by atoms with Gasteiger partial charge in [0, 0.05) is 40.6 Å². The highest BCUT2D eigenvalue weighted by molar-refractivity contribution is 6.30. The van der Waals surface area contributed by atoms with Gasteiger partial charge in [-0.05, 0) is 30.3 Å². The molecule has 2 N–H and O–H groups in total. The fourth-order valence-corrected chi connectivity index (χ4v) is 4.56. The largest absolute Gasteiger partial charge is 0.508 e. The number of anilines is 2. The Balaban J connectivity index is 1.64. The van der Waals surface area contributed by atoms with Crippen molar-refractivity contribution in [3.05, 3.63) is 89.5 Å². The number of phenolic OH excluding ortho intramolecular Hbond substituents is 2. The van der Waals surface area contributed by atoms with Crippen LogP contribution in [-0.2, 0) is 10.3 Å². The molecule has 0 amide bonds. The average molecular weight is 461 g/mol. The Kier molecular flexibility index (Phi) is 3.99. The third-order valence-electron chi connectivity index (χ3n) is 5.65. The van der Waals surface area contributed by atoms with Crippen molar-refractivity contribution in [2.75, 3.05) is 4.42 Å². The first-order chi connectivity index (χ1) is 16.0. The van der Waals surface area contributed by atoms with Gasteiger partial charge in [-0.2, -0.15) is 9.97 Å². The van der Waals surface area contributed by atoms with E-state index in [-0.39, 0.29) is 23.0 Å². The SMILES string of the molecule is O=C1OC2(c3ccc(O)cc3Oc3cc(O)ccc32)c2cccc(N(Cl)c3ncncn3)c21. The van der Waals surface area contributed by atoms with Crippen molar-refractivity contribution in [2.45, 2.75) is 5.60 Å². The van der Waals surface area contributed by atoms with Crippen LogP contribution in [0, 0.1) is 0 Å². The summed E-state index contributed by atoms with van der Waals surface area (Å²) in [6.07, 6.45) is 2.59. The summed E-state index contributed by atoms with van der Waals surface area (Å²) >= 11 is 6.53. The minimum Gasteiger partial charge on any atom is -0.508 e. The van der Waals surface area contributed by atoms with Gasteiger partial charge in [-0.1, -0.05) is 12.1 Å². The molecule has 0 unspecified atom stereocenters. The van der Waals surface area contributed by atoms with Gasteiger partial charge in [-0.25, -0.2) is 14.2 Å². The number of halogens is 1. The minimum atomic E-state index is -1.39. The first-order valence-corrected chi connectivity index (χ1v) is 10.1. The standard InChI is InChI=1S/C23H13ClN4O5/c24-28(22-26-10-25-11-27-22)17-3-1-2-16-20(17)21(31)33-23(16)14-6-4-12(29)8-18(14)32-19-9-13(30)5-7-15(19)23/h1-11,29-30H. The number of rotatable bonds is 2. The maximum Gasteiger partial charge on any atom is 0.342 e. The molecule has 0 saturated carbocycles. The zero-order valence-electron chi connectivity index (χ0n) is 16.6. The first kappa shape index (κ1) is 19.3. The second-order valence-corrected chi connectivity index (χ2v) is 7.79. The number of aromatic hydroxyl groups is 2. The van der Waals surface area contributed by atoms with Crippen molar-refractivity contribution < 1.29 is 24.5 Å². The predicted octanol–water partition coefficient (Wildman–Crippen LogP) is 4.14. The summed E-state index contributed by atoms with van der Waals surface area (Å²) in [7, 11) is 0. The Morgan fingerprint density at radius 2 is 1.52 bits per heavy atom. The van der Waals surface area contributed by atoms with Crippen LogP contribution in [0.25, 0.3) is 0 Å². The van der Waals surface area contributed by atoms with Crippen molar-refractivity contribution in [3.63, 3.8) is 0 Å². The molecule has 0 aliphatic carbocycles. The molecule has 2 aliphatic rings. The molecular formula is C23H13ClN4O5. The van der Waals surface area contributed by atoms with Gasteiger partial charge < -0.3 is 19.7 Å². The number of benzene rings is 3. The molecule has 33 heavy (non-hydrogen) atoms. The van der Waals surface area contributed by atoms with Crippen LogP contribution in [0.5, 0.6) is 23.0 Å². The molecular weight excluding hydrogens is 448 g/mol. The molecule has 2 aliphatic heterocycles. The normalized spacial score (nSPS) is 14.6. The van der Waals surface area contributed by atoms with Gasteiger partial charge in [0.05, 0.1) is 11.3 Å². The fourth-order valence-electron chi connectivity index (χ4n) is 4.34. The number of fused-ring (bicyclic) bond motifs is 6. The molecule has 1 spiro atoms. The number of aromatic nitrogens is 3. The van der Waals surface area contributed by atoms with E-state index in [1.165, 1.54) is 36.9 Å². The monoisotopic (exact) mass is 460 g/mol. The molecule has 162 valence electrons. The molecule has 0 radical (unpaired) electrons. The molecule has 6 rings (SSSR count). The van der Waals surface area contributed by atoms with E-state index in [4.69, 9.17) is 21.3 Å². The van der Waals surface area contributed by atoms with Crippen LogP contribution >= 0.6 is 11.8 Å². The lowest BCUT2D eigenvalue weighted by Crippen LogP contribution is -2.32. The van der Waals surface area contributed by atoms with Crippen LogP contribution in [0.15, 0.2) is 67.3 Å².